The summed E-state index contributed by atoms with van der Waals surface area (Å²) in [6.07, 6.45) is 0. The van der Waals surface area contributed by atoms with E-state index in [1.54, 1.807) is 0 Å². The largest absolute Gasteiger partial charge is 0.135 e. The van der Waals surface area contributed by atoms with Crippen molar-refractivity contribution in [2.24, 2.45) is 0 Å². The average Bonchev–Trinajstić information content (AvgIpc) is 3.78. The Morgan fingerprint density at radius 1 is 0.255 bits per heavy atom. The molecule has 0 bridgehead atoms. The zero-order valence-electron chi connectivity index (χ0n) is 25.1. The van der Waals surface area contributed by atoms with Gasteiger partial charge in [0, 0.05) is 40.3 Å². The SMILES string of the molecule is c1ccc2cc3c(cc2c1)sc1c2cc4cc(-c5ccc6cc(-c7ccc8c(c7)sc7ccccc78)ccc6c5)ccc4cc2sc31. The van der Waals surface area contributed by atoms with E-state index in [1.165, 1.54) is 104 Å². The summed E-state index contributed by atoms with van der Waals surface area (Å²) in [4.78, 5) is 0. The van der Waals surface area contributed by atoms with Gasteiger partial charge in [0.25, 0.3) is 0 Å². The topological polar surface area (TPSA) is 0 Å². The van der Waals surface area contributed by atoms with Gasteiger partial charge >= 0.3 is 0 Å². The summed E-state index contributed by atoms with van der Waals surface area (Å²) in [7, 11) is 0. The molecule has 0 saturated heterocycles. The maximum Gasteiger partial charge on any atom is 0.0542 e. The number of thiophene rings is 3. The molecule has 0 N–H and O–H groups in total. The fourth-order valence-corrected chi connectivity index (χ4v) is 11.2. The molecule has 0 spiro atoms. The number of fused-ring (bicyclic) bond motifs is 11. The smallest absolute Gasteiger partial charge is 0.0542 e. The summed E-state index contributed by atoms with van der Waals surface area (Å²) in [5.41, 5.74) is 5.04. The van der Waals surface area contributed by atoms with Crippen molar-refractivity contribution in [3.63, 3.8) is 0 Å². The lowest BCUT2D eigenvalue weighted by atomic mass is 9.96. The van der Waals surface area contributed by atoms with Crippen LogP contribution in [0.2, 0.25) is 0 Å². The minimum Gasteiger partial charge on any atom is -0.135 e. The Hall–Kier alpha value is -5.06. The molecular formula is C44H24S3. The Morgan fingerprint density at radius 3 is 1.38 bits per heavy atom. The van der Waals surface area contributed by atoms with Gasteiger partial charge in [-0.05, 0) is 109 Å². The van der Waals surface area contributed by atoms with Crippen LogP contribution in [0.1, 0.15) is 0 Å². The van der Waals surface area contributed by atoms with Crippen molar-refractivity contribution in [1.29, 1.82) is 0 Å². The van der Waals surface area contributed by atoms with E-state index in [9.17, 15) is 0 Å². The molecule has 0 saturated carbocycles. The Labute approximate surface area is 282 Å². The van der Waals surface area contributed by atoms with E-state index in [2.05, 4.69) is 146 Å². The second-order valence-corrected chi connectivity index (χ2v) is 15.7. The normalized spacial score (nSPS) is 12.3. The zero-order chi connectivity index (χ0) is 30.6. The highest BCUT2D eigenvalue weighted by Crippen LogP contribution is 2.46. The van der Waals surface area contributed by atoms with Gasteiger partial charge in [0.2, 0.25) is 0 Å². The van der Waals surface area contributed by atoms with Gasteiger partial charge in [-0.1, -0.05) is 91.0 Å². The molecule has 218 valence electrons. The highest BCUT2D eigenvalue weighted by atomic mass is 32.1. The van der Waals surface area contributed by atoms with Crippen molar-refractivity contribution in [3.05, 3.63) is 146 Å². The van der Waals surface area contributed by atoms with Crippen molar-refractivity contribution in [2.45, 2.75) is 0 Å². The van der Waals surface area contributed by atoms with Crippen LogP contribution >= 0.6 is 34.0 Å². The predicted molar refractivity (Wildman–Crippen MR) is 211 cm³/mol. The Morgan fingerprint density at radius 2 is 0.702 bits per heavy atom. The summed E-state index contributed by atoms with van der Waals surface area (Å²) < 4.78 is 8.27. The molecule has 8 aromatic carbocycles. The van der Waals surface area contributed by atoms with Crippen LogP contribution in [-0.2, 0) is 0 Å². The Kier molecular flexibility index (Phi) is 5.39. The summed E-state index contributed by atoms with van der Waals surface area (Å²) in [5, 5.41) is 13.2. The molecule has 11 aromatic rings. The van der Waals surface area contributed by atoms with E-state index >= 15 is 0 Å². The van der Waals surface area contributed by atoms with Crippen LogP contribution in [-0.4, -0.2) is 0 Å². The lowest BCUT2D eigenvalue weighted by Crippen LogP contribution is -1.83. The first-order valence-corrected chi connectivity index (χ1v) is 18.3. The minimum absolute atomic E-state index is 1.25. The van der Waals surface area contributed by atoms with E-state index in [0.29, 0.717) is 0 Å². The molecule has 0 aliphatic rings. The van der Waals surface area contributed by atoms with Gasteiger partial charge in [-0.15, -0.1) is 34.0 Å². The molecular weight excluding hydrogens is 625 g/mol. The molecule has 47 heavy (non-hydrogen) atoms. The monoisotopic (exact) mass is 648 g/mol. The average molecular weight is 649 g/mol. The summed E-state index contributed by atoms with van der Waals surface area (Å²) in [6.45, 7) is 0. The quantitative estimate of drug-likeness (QED) is 0.175. The highest BCUT2D eigenvalue weighted by Gasteiger charge is 2.15. The molecule has 0 radical (unpaired) electrons. The third kappa shape index (κ3) is 3.98. The molecule has 0 fully saturated rings. The molecule has 0 atom stereocenters. The summed E-state index contributed by atoms with van der Waals surface area (Å²) >= 11 is 5.75. The van der Waals surface area contributed by atoms with Crippen LogP contribution in [0.15, 0.2) is 146 Å². The van der Waals surface area contributed by atoms with Crippen molar-refractivity contribution in [3.8, 4) is 22.3 Å². The molecule has 0 unspecified atom stereocenters. The molecule has 0 nitrogen and oxygen atoms in total. The van der Waals surface area contributed by atoms with Gasteiger partial charge in [0.05, 0.1) is 9.40 Å². The Balaban J connectivity index is 0.981. The lowest BCUT2D eigenvalue weighted by molar-refractivity contribution is 1.66. The van der Waals surface area contributed by atoms with Crippen LogP contribution in [0.5, 0.6) is 0 Å². The maximum atomic E-state index is 2.42. The van der Waals surface area contributed by atoms with Crippen LogP contribution in [0.3, 0.4) is 0 Å². The van der Waals surface area contributed by atoms with E-state index in [-0.39, 0.29) is 0 Å². The van der Waals surface area contributed by atoms with Crippen LogP contribution < -0.4 is 0 Å². The molecule has 3 heterocycles. The second kappa shape index (κ2) is 9.73. The first kappa shape index (κ1) is 26.1. The predicted octanol–water partition coefficient (Wildman–Crippen LogP) is 14.4. The third-order valence-electron chi connectivity index (χ3n) is 9.79. The van der Waals surface area contributed by atoms with Crippen LogP contribution in [0, 0.1) is 0 Å². The highest BCUT2D eigenvalue weighted by molar-refractivity contribution is 7.36. The molecule has 0 amide bonds. The van der Waals surface area contributed by atoms with Crippen molar-refractivity contribution >= 4 is 116 Å². The number of benzene rings is 8. The van der Waals surface area contributed by atoms with Gasteiger partial charge in [-0.25, -0.2) is 0 Å². The van der Waals surface area contributed by atoms with E-state index < -0.39 is 0 Å². The molecule has 0 aliphatic carbocycles. The third-order valence-corrected chi connectivity index (χ3v) is 13.4. The van der Waals surface area contributed by atoms with Crippen molar-refractivity contribution in [2.75, 3.05) is 0 Å². The second-order valence-electron chi connectivity index (χ2n) is 12.6. The molecule has 0 aliphatic heterocycles. The summed E-state index contributed by atoms with van der Waals surface area (Å²) in [6, 6.07) is 54.6. The minimum atomic E-state index is 1.25. The zero-order valence-corrected chi connectivity index (χ0v) is 27.5. The van der Waals surface area contributed by atoms with Gasteiger partial charge in [0.15, 0.2) is 0 Å². The van der Waals surface area contributed by atoms with Gasteiger partial charge < -0.3 is 0 Å². The first-order chi connectivity index (χ1) is 23.2. The van der Waals surface area contributed by atoms with E-state index in [1.807, 2.05) is 34.0 Å². The number of rotatable bonds is 2. The van der Waals surface area contributed by atoms with Crippen molar-refractivity contribution < 1.29 is 0 Å². The van der Waals surface area contributed by atoms with Crippen LogP contribution in [0.4, 0.5) is 0 Å². The lowest BCUT2D eigenvalue weighted by Gasteiger charge is -2.09. The first-order valence-electron chi connectivity index (χ1n) is 15.9. The molecule has 11 rings (SSSR count). The maximum absolute atomic E-state index is 2.42. The van der Waals surface area contributed by atoms with E-state index in [0.717, 1.165) is 0 Å². The number of hydrogen-bond acceptors (Lipinski definition) is 3. The fourth-order valence-electron chi connectivity index (χ4n) is 7.38. The Bertz CT molecular complexity index is 3080. The summed E-state index contributed by atoms with van der Waals surface area (Å²) in [5.74, 6) is 0. The van der Waals surface area contributed by atoms with Crippen LogP contribution in [0.25, 0.3) is 104 Å². The van der Waals surface area contributed by atoms with Gasteiger partial charge in [-0.2, -0.15) is 0 Å². The fraction of sp³-hybridized carbons (Fsp3) is 0. The number of hydrogen-bond donors (Lipinski definition) is 0. The molecule has 3 heteroatoms. The van der Waals surface area contributed by atoms with Crippen molar-refractivity contribution in [1.82, 2.24) is 0 Å². The van der Waals surface area contributed by atoms with E-state index in [4.69, 9.17) is 0 Å². The van der Waals surface area contributed by atoms with Gasteiger partial charge in [-0.3, -0.25) is 0 Å². The standard InChI is InChI=1S/C44H24S3/c1-2-6-26-22-41-37(20-25(26)5-1)43-44(46-41)38-21-34-19-31(13-14-33(34)24-42(38)47-43)29-10-9-28-18-30(12-11-27(28)17-29)32-15-16-36-35-7-3-4-8-39(35)45-40(36)23-32/h1-24H. The van der Waals surface area contributed by atoms with Gasteiger partial charge in [0.1, 0.15) is 0 Å². The molecule has 3 aromatic heterocycles.